The molecule has 76 valence electrons. The molecule has 0 aliphatic heterocycles. The number of nitrogens with two attached hydrogens (primary N) is 1. The molecule has 2 N–H and O–H groups in total. The summed E-state index contributed by atoms with van der Waals surface area (Å²) in [5, 5.41) is 10.6. The van der Waals surface area contributed by atoms with Gasteiger partial charge in [0.15, 0.2) is 11.0 Å². The Morgan fingerprint density at radius 3 is 2.64 bits per heavy atom. The number of nitrogens with zero attached hydrogens (tertiary/aromatic N) is 2. The van der Waals surface area contributed by atoms with Crippen molar-refractivity contribution in [3.63, 3.8) is 0 Å². The molecule has 0 bridgehead atoms. The Labute approximate surface area is 91.9 Å². The molecule has 2 aromatic heterocycles. The van der Waals surface area contributed by atoms with Gasteiger partial charge in [0.25, 0.3) is 0 Å². The van der Waals surface area contributed by atoms with Gasteiger partial charge in [0.2, 0.25) is 0 Å². The van der Waals surface area contributed by atoms with Crippen LogP contribution in [0, 0.1) is 0 Å². The van der Waals surface area contributed by atoms with Crippen LogP contribution < -0.4 is 5.73 Å². The van der Waals surface area contributed by atoms with Crippen molar-refractivity contribution in [1.29, 1.82) is 0 Å². The van der Waals surface area contributed by atoms with Gasteiger partial charge in [-0.1, -0.05) is 31.9 Å². The fourth-order valence-electron chi connectivity index (χ4n) is 0.867. The van der Waals surface area contributed by atoms with Gasteiger partial charge in [0.05, 0.1) is 4.70 Å². The van der Waals surface area contributed by atoms with Crippen LogP contribution in [-0.4, -0.2) is 10.2 Å². The monoisotopic (exact) mass is 229 g/mol. The van der Waals surface area contributed by atoms with Crippen LogP contribution in [-0.2, 0) is 0 Å². The number of thiophene rings is 1. The van der Waals surface area contributed by atoms with Crippen molar-refractivity contribution < 1.29 is 0 Å². The van der Waals surface area contributed by atoms with E-state index in [1.807, 2.05) is 11.4 Å². The number of anilines is 1. The van der Waals surface area contributed by atoms with Gasteiger partial charge in [-0.3, -0.25) is 0 Å². The molecule has 0 unspecified atom stereocenters. The first-order chi connectivity index (χ1) is 6.70. The second-order valence-corrected chi connectivity index (χ2v) is 4.02. The van der Waals surface area contributed by atoms with Crippen molar-refractivity contribution in [3.05, 3.63) is 16.6 Å². The van der Waals surface area contributed by atoms with Gasteiger partial charge in [0.1, 0.15) is 0 Å². The average Bonchev–Trinajstić information content (AvgIpc) is 2.62. The van der Waals surface area contributed by atoms with Gasteiger partial charge < -0.3 is 5.73 Å². The highest BCUT2D eigenvalue weighted by Gasteiger charge is 2.04. The molecule has 14 heavy (non-hydrogen) atoms. The zero-order chi connectivity index (χ0) is 10.6. The summed E-state index contributed by atoms with van der Waals surface area (Å²) in [6.45, 7) is 4.25. The molecular weight excluding hydrogens is 218 g/mol. The summed E-state index contributed by atoms with van der Waals surface area (Å²) in [5.74, 6) is 0.444. The van der Waals surface area contributed by atoms with Gasteiger partial charge >= 0.3 is 0 Å². The van der Waals surface area contributed by atoms with Crippen LogP contribution in [0.15, 0.2) is 11.4 Å². The van der Waals surface area contributed by atoms with E-state index in [0.29, 0.717) is 11.0 Å². The molecule has 0 aromatic carbocycles. The largest absolute Gasteiger partial charge is 0.381 e. The lowest BCUT2D eigenvalue weighted by molar-refractivity contribution is 1.06. The summed E-state index contributed by atoms with van der Waals surface area (Å²) in [5.41, 5.74) is 5.55. The minimum atomic E-state index is 0.412. The van der Waals surface area contributed by atoms with Gasteiger partial charge in [0, 0.05) is 5.39 Å². The molecule has 5 heteroatoms. The van der Waals surface area contributed by atoms with Crippen molar-refractivity contribution in [3.8, 4) is 0 Å². The second-order valence-electron chi connectivity index (χ2n) is 2.75. The smallest absolute Gasteiger partial charge is 0.164 e. The Kier molecular flexibility index (Phi) is 4.10. The maximum absolute atomic E-state index is 5.75. The van der Waals surface area contributed by atoms with E-state index in [1.54, 1.807) is 0 Å². The third-order valence-electron chi connectivity index (χ3n) is 1.37. The van der Waals surface area contributed by atoms with E-state index in [-0.39, 0.29) is 0 Å². The maximum atomic E-state index is 5.75. The second kappa shape index (κ2) is 5.12. The van der Waals surface area contributed by atoms with Crippen molar-refractivity contribution in [2.45, 2.75) is 20.3 Å². The lowest BCUT2D eigenvalue weighted by Gasteiger charge is -1.93. The molecule has 0 aliphatic rings. The quantitative estimate of drug-likeness (QED) is 0.754. The molecule has 0 radical (unpaired) electrons. The predicted octanol–water partition coefficient (Wildman–Crippen LogP) is 3.34. The van der Waals surface area contributed by atoms with Crippen LogP contribution in [0.2, 0.25) is 5.15 Å². The number of nitrogen functional groups attached to an aromatic ring is 1. The Hall–Kier alpha value is -0.870. The first kappa shape index (κ1) is 11.2. The maximum Gasteiger partial charge on any atom is 0.164 e. The molecule has 3 nitrogen and oxygen atoms in total. The molecule has 2 rings (SSSR count). The molecule has 0 saturated heterocycles. The van der Waals surface area contributed by atoms with Crippen molar-refractivity contribution in [2.24, 2.45) is 0 Å². The molecule has 2 aromatic rings. The van der Waals surface area contributed by atoms with E-state index < -0.39 is 0 Å². The average molecular weight is 230 g/mol. The number of hydrogen-bond donors (Lipinski definition) is 1. The van der Waals surface area contributed by atoms with Crippen molar-refractivity contribution >= 4 is 38.8 Å². The number of rotatable bonds is 0. The lowest BCUT2D eigenvalue weighted by Crippen LogP contribution is -1.92. The summed E-state index contributed by atoms with van der Waals surface area (Å²) in [7, 11) is 0. The number of fused-ring (bicyclic) bond motifs is 1. The minimum Gasteiger partial charge on any atom is -0.381 e. The van der Waals surface area contributed by atoms with E-state index >= 15 is 0 Å². The summed E-state index contributed by atoms with van der Waals surface area (Å²) >= 11 is 7.26. The molecule has 0 saturated carbocycles. The van der Waals surface area contributed by atoms with E-state index in [9.17, 15) is 0 Å². The van der Waals surface area contributed by atoms with Crippen LogP contribution >= 0.6 is 22.9 Å². The Bertz CT molecular complexity index is 377. The van der Waals surface area contributed by atoms with Gasteiger partial charge in [-0.15, -0.1) is 21.5 Å². The first-order valence-electron chi connectivity index (χ1n) is 4.35. The van der Waals surface area contributed by atoms with Gasteiger partial charge in [-0.25, -0.2) is 0 Å². The number of hydrogen-bond acceptors (Lipinski definition) is 4. The highest BCUT2D eigenvalue weighted by Crippen LogP contribution is 2.28. The standard InChI is InChI=1S/C6H4ClN3S.C3H8/c7-5-3-1-2-11-4(3)6(8)10-9-5;1-3-2/h1-2H,(H2,8,10);3H2,1-2H3. The van der Waals surface area contributed by atoms with E-state index in [0.717, 1.165) is 10.1 Å². The molecule has 2 heterocycles. The highest BCUT2D eigenvalue weighted by molar-refractivity contribution is 7.17. The summed E-state index contributed by atoms with van der Waals surface area (Å²) < 4.78 is 0.907. The van der Waals surface area contributed by atoms with E-state index in [2.05, 4.69) is 24.0 Å². The lowest BCUT2D eigenvalue weighted by atomic mass is 10.4. The zero-order valence-electron chi connectivity index (χ0n) is 8.12. The third kappa shape index (κ3) is 2.33. The molecule has 0 atom stereocenters. The summed E-state index contributed by atoms with van der Waals surface area (Å²) in [6, 6.07) is 1.88. The van der Waals surface area contributed by atoms with E-state index in [1.165, 1.54) is 17.8 Å². The highest BCUT2D eigenvalue weighted by atomic mass is 35.5. The molecule has 0 aliphatic carbocycles. The van der Waals surface area contributed by atoms with Crippen LogP contribution in [0.25, 0.3) is 10.1 Å². The third-order valence-corrected chi connectivity index (χ3v) is 2.58. The van der Waals surface area contributed by atoms with Crippen LogP contribution in [0.3, 0.4) is 0 Å². The van der Waals surface area contributed by atoms with Gasteiger partial charge in [-0.05, 0) is 11.4 Å². The van der Waals surface area contributed by atoms with Crippen LogP contribution in [0.4, 0.5) is 5.82 Å². The summed E-state index contributed by atoms with van der Waals surface area (Å²) in [4.78, 5) is 0. The SMILES string of the molecule is CCC.Nc1nnc(Cl)c2ccsc12. The zero-order valence-corrected chi connectivity index (χ0v) is 9.69. The number of aromatic nitrogens is 2. The molecule has 0 spiro atoms. The molecule has 0 amide bonds. The van der Waals surface area contributed by atoms with Crippen molar-refractivity contribution in [2.75, 3.05) is 5.73 Å². The van der Waals surface area contributed by atoms with Crippen LogP contribution in [0.1, 0.15) is 20.3 Å². The Morgan fingerprint density at radius 2 is 2.07 bits per heavy atom. The summed E-state index contributed by atoms with van der Waals surface area (Å²) in [6.07, 6.45) is 1.25. The topological polar surface area (TPSA) is 51.8 Å². The first-order valence-corrected chi connectivity index (χ1v) is 5.61. The van der Waals surface area contributed by atoms with Gasteiger partial charge in [-0.2, -0.15) is 0 Å². The number of halogens is 1. The molecular formula is C9H12ClN3S. The molecule has 0 fully saturated rings. The Balaban J connectivity index is 0.000000293. The van der Waals surface area contributed by atoms with Crippen molar-refractivity contribution in [1.82, 2.24) is 10.2 Å². The fourth-order valence-corrected chi connectivity index (χ4v) is 1.91. The minimum absolute atomic E-state index is 0.412. The Morgan fingerprint density at radius 1 is 1.43 bits per heavy atom. The van der Waals surface area contributed by atoms with Crippen LogP contribution in [0.5, 0.6) is 0 Å². The normalized spacial score (nSPS) is 9.64. The van der Waals surface area contributed by atoms with E-state index in [4.69, 9.17) is 17.3 Å². The fraction of sp³-hybridized carbons (Fsp3) is 0.333. The predicted molar refractivity (Wildman–Crippen MR) is 62.8 cm³/mol.